The number of fused-ring (bicyclic) bond motifs is 1. The summed E-state index contributed by atoms with van der Waals surface area (Å²) in [5.41, 5.74) is 4.69. The predicted octanol–water partition coefficient (Wildman–Crippen LogP) is 2.75. The third-order valence-electron chi connectivity index (χ3n) is 3.30. The Hall–Kier alpha value is -2.14. The zero-order chi connectivity index (χ0) is 13.9. The van der Waals surface area contributed by atoms with E-state index >= 15 is 0 Å². The van der Waals surface area contributed by atoms with Gasteiger partial charge in [0, 0.05) is 23.7 Å². The first-order chi connectivity index (χ1) is 9.78. The van der Waals surface area contributed by atoms with Crippen LogP contribution in [0.2, 0.25) is 0 Å². The molecule has 0 spiro atoms. The van der Waals surface area contributed by atoms with Crippen molar-refractivity contribution in [3.63, 3.8) is 0 Å². The smallest absolute Gasteiger partial charge is 0.251 e. The second kappa shape index (κ2) is 5.46. The molecule has 5 heteroatoms. The van der Waals surface area contributed by atoms with Gasteiger partial charge in [-0.25, -0.2) is 4.98 Å². The molecule has 0 unspecified atom stereocenters. The minimum atomic E-state index is -0.0121. The third-order valence-corrected chi connectivity index (χ3v) is 3.90. The summed E-state index contributed by atoms with van der Waals surface area (Å²) in [6.45, 7) is 0.711. The molecule has 1 aromatic heterocycles. The molecule has 0 saturated heterocycles. The normalized spacial score (nSPS) is 13.8. The van der Waals surface area contributed by atoms with Crippen molar-refractivity contribution in [1.82, 2.24) is 4.98 Å². The van der Waals surface area contributed by atoms with Gasteiger partial charge in [0.05, 0.1) is 18.3 Å². The van der Waals surface area contributed by atoms with E-state index in [0.717, 1.165) is 29.1 Å². The van der Waals surface area contributed by atoms with Crippen molar-refractivity contribution in [2.75, 3.05) is 18.6 Å². The molecule has 1 aromatic carbocycles. The van der Waals surface area contributed by atoms with Gasteiger partial charge in [0.25, 0.3) is 5.91 Å². The molecule has 1 amide bonds. The highest BCUT2D eigenvalue weighted by molar-refractivity contribution is 7.07. The lowest BCUT2D eigenvalue weighted by Gasteiger charge is -2.15. The van der Waals surface area contributed by atoms with Gasteiger partial charge in [-0.2, -0.15) is 0 Å². The molecule has 2 aromatic rings. The summed E-state index contributed by atoms with van der Waals surface area (Å²) in [7, 11) is 1.65. The molecule has 0 radical (unpaired) electrons. The Morgan fingerprint density at radius 1 is 1.50 bits per heavy atom. The summed E-state index contributed by atoms with van der Waals surface area (Å²) >= 11 is 1.52. The number of rotatable bonds is 3. The number of hydrogen-bond donors (Lipinski definition) is 0. The molecule has 0 saturated carbocycles. The molecule has 0 aliphatic carbocycles. The average molecular weight is 286 g/mol. The van der Waals surface area contributed by atoms with Crippen LogP contribution in [0.5, 0.6) is 5.75 Å². The van der Waals surface area contributed by atoms with Crippen LogP contribution in [0.4, 0.5) is 5.69 Å². The largest absolute Gasteiger partial charge is 0.497 e. The highest BCUT2D eigenvalue weighted by Gasteiger charge is 2.23. The van der Waals surface area contributed by atoms with Crippen LogP contribution in [0.25, 0.3) is 6.08 Å². The Morgan fingerprint density at radius 3 is 3.15 bits per heavy atom. The molecular weight excluding hydrogens is 272 g/mol. The van der Waals surface area contributed by atoms with Crippen LogP contribution in [-0.2, 0) is 11.2 Å². The first kappa shape index (κ1) is 12.9. The number of anilines is 1. The SMILES string of the molecule is COc1ccc2c(c1)CCN2C(=O)C=Cc1cscn1. The van der Waals surface area contributed by atoms with Crippen molar-refractivity contribution in [1.29, 1.82) is 0 Å². The van der Waals surface area contributed by atoms with Gasteiger partial charge < -0.3 is 9.64 Å². The van der Waals surface area contributed by atoms with E-state index in [4.69, 9.17) is 4.74 Å². The zero-order valence-corrected chi connectivity index (χ0v) is 11.9. The maximum atomic E-state index is 12.2. The fraction of sp³-hybridized carbons (Fsp3) is 0.200. The summed E-state index contributed by atoms with van der Waals surface area (Å²) in [6, 6.07) is 5.82. The number of thiazole rings is 1. The average Bonchev–Trinajstić information content (AvgIpc) is 3.13. The van der Waals surface area contributed by atoms with Gasteiger partial charge in [-0.05, 0) is 36.3 Å². The number of methoxy groups -OCH3 is 1. The lowest BCUT2D eigenvalue weighted by molar-refractivity contribution is -0.114. The summed E-state index contributed by atoms with van der Waals surface area (Å²) in [5, 5.41) is 1.91. The Morgan fingerprint density at radius 2 is 2.40 bits per heavy atom. The van der Waals surface area contributed by atoms with Gasteiger partial charge in [0.1, 0.15) is 5.75 Å². The molecule has 102 valence electrons. The van der Waals surface area contributed by atoms with Crippen LogP contribution in [0.15, 0.2) is 35.2 Å². The molecule has 0 bridgehead atoms. The Labute approximate surface area is 121 Å². The number of nitrogens with zero attached hydrogens (tertiary/aromatic N) is 2. The predicted molar refractivity (Wildman–Crippen MR) is 80.2 cm³/mol. The van der Waals surface area contributed by atoms with Gasteiger partial charge in [0.2, 0.25) is 0 Å². The molecular formula is C15H14N2O2S. The van der Waals surface area contributed by atoms with Crippen LogP contribution < -0.4 is 9.64 Å². The number of ether oxygens (including phenoxy) is 1. The molecule has 0 atom stereocenters. The quantitative estimate of drug-likeness (QED) is 0.815. The van der Waals surface area contributed by atoms with Crippen LogP contribution in [0, 0.1) is 0 Å². The lowest BCUT2D eigenvalue weighted by Crippen LogP contribution is -2.26. The van der Waals surface area contributed by atoms with Crippen molar-refractivity contribution >= 4 is 29.0 Å². The first-order valence-corrected chi connectivity index (χ1v) is 7.27. The first-order valence-electron chi connectivity index (χ1n) is 6.32. The van der Waals surface area contributed by atoms with Crippen molar-refractivity contribution < 1.29 is 9.53 Å². The topological polar surface area (TPSA) is 42.4 Å². The molecule has 3 rings (SSSR count). The van der Waals surface area contributed by atoms with Gasteiger partial charge in [-0.3, -0.25) is 4.79 Å². The Bertz CT molecular complexity index is 650. The van der Waals surface area contributed by atoms with Crippen molar-refractivity contribution in [2.45, 2.75) is 6.42 Å². The van der Waals surface area contributed by atoms with E-state index in [1.54, 1.807) is 29.7 Å². The number of amides is 1. The monoisotopic (exact) mass is 286 g/mol. The summed E-state index contributed by atoms with van der Waals surface area (Å²) in [6.07, 6.45) is 4.19. The van der Waals surface area contributed by atoms with Gasteiger partial charge in [0.15, 0.2) is 0 Å². The molecule has 4 nitrogen and oxygen atoms in total. The standard InChI is InChI=1S/C15H14N2O2S/c1-19-13-3-4-14-11(8-13)6-7-17(14)15(18)5-2-12-9-20-10-16-12/h2-5,8-10H,6-7H2,1H3. The van der Waals surface area contributed by atoms with Crippen molar-refractivity contribution in [2.24, 2.45) is 0 Å². The number of carbonyl (C=O) groups excluding carboxylic acids is 1. The molecule has 0 fully saturated rings. The Balaban J connectivity index is 1.79. The van der Waals surface area contributed by atoms with E-state index in [9.17, 15) is 4.79 Å². The zero-order valence-electron chi connectivity index (χ0n) is 11.1. The molecule has 1 aliphatic rings. The van der Waals surface area contributed by atoms with Gasteiger partial charge in [-0.15, -0.1) is 11.3 Å². The minimum Gasteiger partial charge on any atom is -0.497 e. The second-order valence-electron chi connectivity index (χ2n) is 4.48. The lowest BCUT2D eigenvalue weighted by atomic mass is 10.1. The Kier molecular flexibility index (Phi) is 3.52. The number of benzene rings is 1. The van der Waals surface area contributed by atoms with E-state index in [1.165, 1.54) is 11.3 Å². The molecule has 1 aliphatic heterocycles. The number of hydrogen-bond acceptors (Lipinski definition) is 4. The number of carbonyl (C=O) groups is 1. The second-order valence-corrected chi connectivity index (χ2v) is 5.20. The van der Waals surface area contributed by atoms with Crippen LogP contribution in [-0.4, -0.2) is 24.5 Å². The summed E-state index contributed by atoms with van der Waals surface area (Å²) < 4.78 is 5.21. The van der Waals surface area contributed by atoms with E-state index < -0.39 is 0 Å². The third kappa shape index (κ3) is 2.44. The van der Waals surface area contributed by atoms with Gasteiger partial charge in [-0.1, -0.05) is 0 Å². The van der Waals surface area contributed by atoms with Crippen LogP contribution in [0.1, 0.15) is 11.3 Å². The van der Waals surface area contributed by atoms with E-state index in [-0.39, 0.29) is 5.91 Å². The summed E-state index contributed by atoms with van der Waals surface area (Å²) in [4.78, 5) is 18.2. The van der Waals surface area contributed by atoms with Crippen molar-refractivity contribution in [3.05, 3.63) is 46.4 Å². The van der Waals surface area contributed by atoms with Gasteiger partial charge >= 0.3 is 0 Å². The highest BCUT2D eigenvalue weighted by Crippen LogP contribution is 2.31. The van der Waals surface area contributed by atoms with Crippen LogP contribution >= 0.6 is 11.3 Å². The summed E-state index contributed by atoms with van der Waals surface area (Å²) in [5.74, 6) is 0.818. The van der Waals surface area contributed by atoms with Crippen molar-refractivity contribution in [3.8, 4) is 5.75 Å². The van der Waals surface area contributed by atoms with E-state index in [1.807, 2.05) is 23.6 Å². The van der Waals surface area contributed by atoms with E-state index in [2.05, 4.69) is 4.98 Å². The maximum absolute atomic E-state index is 12.2. The van der Waals surface area contributed by atoms with E-state index in [0.29, 0.717) is 6.54 Å². The maximum Gasteiger partial charge on any atom is 0.251 e. The highest BCUT2D eigenvalue weighted by atomic mass is 32.1. The minimum absolute atomic E-state index is 0.0121. The molecule has 2 heterocycles. The van der Waals surface area contributed by atoms with Crippen LogP contribution in [0.3, 0.4) is 0 Å². The molecule has 0 N–H and O–H groups in total. The fourth-order valence-corrected chi connectivity index (χ4v) is 2.81. The fourth-order valence-electron chi connectivity index (χ4n) is 2.28. The molecule has 20 heavy (non-hydrogen) atoms. The number of aromatic nitrogens is 1.